The summed E-state index contributed by atoms with van der Waals surface area (Å²) >= 11 is 0. The molecular weight excluding hydrogens is 258 g/mol. The van der Waals surface area contributed by atoms with Crippen LogP contribution >= 0.6 is 0 Å². The first-order chi connectivity index (χ1) is 10.3. The summed E-state index contributed by atoms with van der Waals surface area (Å²) < 4.78 is 0. The van der Waals surface area contributed by atoms with Crippen molar-refractivity contribution in [2.45, 2.75) is 32.1 Å². The average Bonchev–Trinajstić information content (AvgIpc) is 2.55. The Hall–Kier alpha value is -2.09. The van der Waals surface area contributed by atoms with Gasteiger partial charge < -0.3 is 5.32 Å². The first-order valence-electron chi connectivity index (χ1n) is 7.78. The van der Waals surface area contributed by atoms with Gasteiger partial charge in [0.2, 0.25) is 0 Å². The van der Waals surface area contributed by atoms with Crippen molar-refractivity contribution in [1.29, 1.82) is 0 Å². The molecule has 0 heterocycles. The molecule has 21 heavy (non-hydrogen) atoms. The molecule has 1 amide bonds. The fraction of sp³-hybridized carbons (Fsp3) is 0.316. The molecule has 1 aliphatic rings. The van der Waals surface area contributed by atoms with Crippen LogP contribution in [0.2, 0.25) is 0 Å². The van der Waals surface area contributed by atoms with Crippen LogP contribution in [0, 0.1) is 0 Å². The highest BCUT2D eigenvalue weighted by Crippen LogP contribution is 2.19. The molecule has 2 nitrogen and oxygen atoms in total. The van der Waals surface area contributed by atoms with Crippen molar-refractivity contribution in [2.24, 2.45) is 0 Å². The third-order valence-electron chi connectivity index (χ3n) is 4.13. The van der Waals surface area contributed by atoms with E-state index in [0.29, 0.717) is 0 Å². The van der Waals surface area contributed by atoms with Crippen LogP contribution in [0.5, 0.6) is 0 Å². The van der Waals surface area contributed by atoms with Gasteiger partial charge in [0.05, 0.1) is 0 Å². The standard InChI is InChI=1S/C19H21NO/c21-19(20-13-12-15-6-2-1-3-7-15)18-11-10-16-8-4-5-9-17(16)14-18/h4-6,8-11,14H,1-3,7,12-13H2,(H,20,21). The Kier molecular flexibility index (Phi) is 4.34. The second kappa shape index (κ2) is 6.57. The molecule has 0 saturated carbocycles. The van der Waals surface area contributed by atoms with E-state index in [4.69, 9.17) is 0 Å². The smallest absolute Gasteiger partial charge is 0.251 e. The van der Waals surface area contributed by atoms with Crippen LogP contribution in [0.15, 0.2) is 54.1 Å². The van der Waals surface area contributed by atoms with Gasteiger partial charge >= 0.3 is 0 Å². The van der Waals surface area contributed by atoms with Gasteiger partial charge in [0.1, 0.15) is 0 Å². The molecule has 0 aromatic heterocycles. The van der Waals surface area contributed by atoms with Gasteiger partial charge in [0.15, 0.2) is 0 Å². The molecule has 0 fully saturated rings. The average molecular weight is 279 g/mol. The topological polar surface area (TPSA) is 29.1 Å². The number of hydrogen-bond donors (Lipinski definition) is 1. The summed E-state index contributed by atoms with van der Waals surface area (Å²) in [5.41, 5.74) is 2.24. The van der Waals surface area contributed by atoms with Crippen LogP contribution in [0.25, 0.3) is 10.8 Å². The minimum Gasteiger partial charge on any atom is -0.352 e. The molecule has 0 spiro atoms. The van der Waals surface area contributed by atoms with Gasteiger partial charge in [-0.25, -0.2) is 0 Å². The Morgan fingerprint density at radius 3 is 2.71 bits per heavy atom. The Morgan fingerprint density at radius 2 is 1.90 bits per heavy atom. The number of rotatable bonds is 4. The predicted molar refractivity (Wildman–Crippen MR) is 87.4 cm³/mol. The van der Waals surface area contributed by atoms with Gasteiger partial charge in [-0.15, -0.1) is 0 Å². The number of hydrogen-bond acceptors (Lipinski definition) is 1. The summed E-state index contributed by atoms with van der Waals surface area (Å²) in [6.07, 6.45) is 8.34. The Labute approximate surface area is 125 Å². The van der Waals surface area contributed by atoms with E-state index in [0.717, 1.165) is 23.9 Å². The monoisotopic (exact) mass is 279 g/mol. The molecule has 0 saturated heterocycles. The lowest BCUT2D eigenvalue weighted by Gasteiger charge is -2.13. The van der Waals surface area contributed by atoms with Crippen molar-refractivity contribution in [3.05, 3.63) is 59.7 Å². The summed E-state index contributed by atoms with van der Waals surface area (Å²) in [6, 6.07) is 14.0. The quantitative estimate of drug-likeness (QED) is 0.822. The molecule has 1 N–H and O–H groups in total. The fourth-order valence-electron chi connectivity index (χ4n) is 2.90. The molecular formula is C19H21NO. The summed E-state index contributed by atoms with van der Waals surface area (Å²) in [5, 5.41) is 5.31. The van der Waals surface area contributed by atoms with Crippen molar-refractivity contribution in [1.82, 2.24) is 5.32 Å². The first kappa shape index (κ1) is 13.9. The second-order valence-electron chi connectivity index (χ2n) is 5.68. The maximum Gasteiger partial charge on any atom is 0.251 e. The van der Waals surface area contributed by atoms with E-state index >= 15 is 0 Å². The third kappa shape index (κ3) is 3.52. The van der Waals surface area contributed by atoms with Gasteiger partial charge in [-0.1, -0.05) is 42.0 Å². The second-order valence-corrected chi connectivity index (χ2v) is 5.68. The minimum absolute atomic E-state index is 0.0252. The molecule has 0 atom stereocenters. The predicted octanol–water partition coefficient (Wildman–Crippen LogP) is 4.46. The Morgan fingerprint density at radius 1 is 1.05 bits per heavy atom. The van der Waals surface area contributed by atoms with Gasteiger partial charge in [0.25, 0.3) is 5.91 Å². The number of carbonyl (C=O) groups excluding carboxylic acids is 1. The van der Waals surface area contributed by atoms with Crippen LogP contribution in [0.4, 0.5) is 0 Å². The highest BCUT2D eigenvalue weighted by Gasteiger charge is 2.07. The van der Waals surface area contributed by atoms with E-state index in [1.54, 1.807) is 0 Å². The van der Waals surface area contributed by atoms with Crippen molar-refractivity contribution in [2.75, 3.05) is 6.54 Å². The zero-order chi connectivity index (χ0) is 14.5. The van der Waals surface area contributed by atoms with Gasteiger partial charge in [-0.3, -0.25) is 4.79 Å². The number of benzene rings is 2. The molecule has 2 aromatic rings. The van der Waals surface area contributed by atoms with Crippen LogP contribution < -0.4 is 5.32 Å². The van der Waals surface area contributed by atoms with E-state index in [-0.39, 0.29) is 5.91 Å². The minimum atomic E-state index is 0.0252. The van der Waals surface area contributed by atoms with Gasteiger partial charge in [-0.05, 0) is 55.0 Å². The molecule has 0 radical (unpaired) electrons. The molecule has 0 unspecified atom stereocenters. The van der Waals surface area contributed by atoms with Crippen LogP contribution in [-0.2, 0) is 0 Å². The number of fused-ring (bicyclic) bond motifs is 1. The van der Waals surface area contributed by atoms with Crippen molar-refractivity contribution >= 4 is 16.7 Å². The van der Waals surface area contributed by atoms with Crippen LogP contribution in [0.3, 0.4) is 0 Å². The summed E-state index contributed by atoms with van der Waals surface area (Å²) in [4.78, 5) is 12.2. The molecule has 2 heteroatoms. The summed E-state index contributed by atoms with van der Waals surface area (Å²) in [5.74, 6) is 0.0252. The normalized spacial score (nSPS) is 14.8. The van der Waals surface area contributed by atoms with Crippen LogP contribution in [0.1, 0.15) is 42.5 Å². The Balaban J connectivity index is 1.60. The lowest BCUT2D eigenvalue weighted by Crippen LogP contribution is -2.24. The maximum absolute atomic E-state index is 12.2. The molecule has 108 valence electrons. The highest BCUT2D eigenvalue weighted by atomic mass is 16.1. The third-order valence-corrected chi connectivity index (χ3v) is 4.13. The number of nitrogens with one attached hydrogen (secondary N) is 1. The number of amides is 1. The lowest BCUT2D eigenvalue weighted by atomic mass is 9.97. The van der Waals surface area contributed by atoms with E-state index in [1.165, 1.54) is 36.6 Å². The van der Waals surface area contributed by atoms with E-state index in [9.17, 15) is 4.79 Å². The number of allylic oxidation sites excluding steroid dienone is 1. The SMILES string of the molecule is O=C(NCCC1=CCCCC1)c1ccc2ccccc2c1. The maximum atomic E-state index is 12.2. The molecule has 0 aliphatic heterocycles. The van der Waals surface area contributed by atoms with Gasteiger partial charge in [-0.2, -0.15) is 0 Å². The van der Waals surface area contributed by atoms with E-state index < -0.39 is 0 Å². The Bertz CT molecular complexity index is 672. The highest BCUT2D eigenvalue weighted by molar-refractivity contribution is 5.98. The van der Waals surface area contributed by atoms with E-state index in [2.05, 4.69) is 17.5 Å². The van der Waals surface area contributed by atoms with E-state index in [1.807, 2.05) is 36.4 Å². The fourth-order valence-corrected chi connectivity index (χ4v) is 2.90. The van der Waals surface area contributed by atoms with Crippen molar-refractivity contribution in [3.63, 3.8) is 0 Å². The first-order valence-corrected chi connectivity index (χ1v) is 7.78. The molecule has 3 rings (SSSR count). The van der Waals surface area contributed by atoms with Gasteiger partial charge in [0, 0.05) is 12.1 Å². The van der Waals surface area contributed by atoms with Crippen molar-refractivity contribution < 1.29 is 4.79 Å². The lowest BCUT2D eigenvalue weighted by molar-refractivity contribution is 0.0954. The summed E-state index contributed by atoms with van der Waals surface area (Å²) in [7, 11) is 0. The zero-order valence-electron chi connectivity index (χ0n) is 12.3. The largest absolute Gasteiger partial charge is 0.352 e. The molecule has 1 aliphatic carbocycles. The van der Waals surface area contributed by atoms with Crippen molar-refractivity contribution in [3.8, 4) is 0 Å². The molecule has 2 aromatic carbocycles. The molecule has 0 bridgehead atoms. The van der Waals surface area contributed by atoms with Crippen LogP contribution in [-0.4, -0.2) is 12.5 Å². The summed E-state index contributed by atoms with van der Waals surface area (Å²) in [6.45, 7) is 0.734. The number of carbonyl (C=O) groups is 1. The zero-order valence-corrected chi connectivity index (χ0v) is 12.3.